The number of allylic oxidation sites excluding steroid dienone is 1. The number of methoxy groups -OCH3 is 1. The Morgan fingerprint density at radius 2 is 1.62 bits per heavy atom. The van der Waals surface area contributed by atoms with Gasteiger partial charge in [0.1, 0.15) is 23.4 Å². The van der Waals surface area contributed by atoms with Crippen molar-refractivity contribution in [2.24, 2.45) is 0 Å². The van der Waals surface area contributed by atoms with Crippen LogP contribution in [0.1, 0.15) is 5.56 Å². The summed E-state index contributed by atoms with van der Waals surface area (Å²) in [6.07, 6.45) is 2.46. The zero-order chi connectivity index (χ0) is 15.3. The van der Waals surface area contributed by atoms with Crippen LogP contribution in [0.2, 0.25) is 0 Å². The molecule has 0 fully saturated rings. The van der Waals surface area contributed by atoms with E-state index >= 15 is 0 Å². The maximum absolute atomic E-state index is 11.1. The number of carbonyl (C=O) groups excluding carboxylic acids is 1. The van der Waals surface area contributed by atoms with Crippen molar-refractivity contribution >= 4 is 17.7 Å². The summed E-state index contributed by atoms with van der Waals surface area (Å²) in [5, 5.41) is 0. The SMILES string of the molecule is COc1ccc(C(=CC=O)[N+](C)(C)c2ccccc2)cc1. The fourth-order valence-corrected chi connectivity index (χ4v) is 2.37. The Labute approximate surface area is 125 Å². The van der Waals surface area contributed by atoms with Crippen molar-refractivity contribution in [1.82, 2.24) is 4.48 Å². The van der Waals surface area contributed by atoms with Gasteiger partial charge in [-0.15, -0.1) is 0 Å². The van der Waals surface area contributed by atoms with Crippen LogP contribution >= 0.6 is 0 Å². The zero-order valence-electron chi connectivity index (χ0n) is 12.6. The normalized spacial score (nSPS) is 12.0. The number of nitrogens with zero attached hydrogens (tertiary/aromatic N) is 1. The number of ether oxygens (including phenoxy) is 1. The summed E-state index contributed by atoms with van der Waals surface area (Å²) in [4.78, 5) is 11.1. The molecule has 0 aliphatic heterocycles. The number of hydrogen-bond donors (Lipinski definition) is 0. The van der Waals surface area contributed by atoms with Gasteiger partial charge in [0.2, 0.25) is 0 Å². The predicted molar refractivity (Wildman–Crippen MR) is 87.1 cm³/mol. The number of quaternary nitrogens is 1. The molecule has 2 rings (SSSR count). The molecule has 0 bridgehead atoms. The Balaban J connectivity index is 2.48. The molecule has 0 heterocycles. The van der Waals surface area contributed by atoms with Gasteiger partial charge in [0, 0.05) is 11.6 Å². The molecule has 0 radical (unpaired) electrons. The van der Waals surface area contributed by atoms with E-state index in [0.29, 0.717) is 4.48 Å². The van der Waals surface area contributed by atoms with Gasteiger partial charge in [0.05, 0.1) is 21.2 Å². The Morgan fingerprint density at radius 1 is 1.00 bits per heavy atom. The highest BCUT2D eigenvalue weighted by Crippen LogP contribution is 2.31. The molecule has 3 heteroatoms. The monoisotopic (exact) mass is 282 g/mol. The average molecular weight is 282 g/mol. The molecule has 0 amide bonds. The zero-order valence-corrected chi connectivity index (χ0v) is 12.6. The molecule has 2 aromatic rings. The third kappa shape index (κ3) is 3.20. The molecular formula is C18H20NO2+. The third-order valence-electron chi connectivity index (χ3n) is 3.62. The number of benzene rings is 2. The summed E-state index contributed by atoms with van der Waals surface area (Å²) in [6, 6.07) is 17.8. The van der Waals surface area contributed by atoms with E-state index < -0.39 is 0 Å². The highest BCUT2D eigenvalue weighted by Gasteiger charge is 2.26. The van der Waals surface area contributed by atoms with Crippen LogP contribution < -0.4 is 9.22 Å². The van der Waals surface area contributed by atoms with Gasteiger partial charge in [0.25, 0.3) is 0 Å². The summed E-state index contributed by atoms with van der Waals surface area (Å²) < 4.78 is 5.68. The van der Waals surface area contributed by atoms with E-state index in [1.54, 1.807) is 13.2 Å². The Hall–Kier alpha value is -2.39. The highest BCUT2D eigenvalue weighted by molar-refractivity contribution is 5.85. The number of hydrogen-bond acceptors (Lipinski definition) is 2. The van der Waals surface area contributed by atoms with Gasteiger partial charge in [-0.2, -0.15) is 0 Å². The fourth-order valence-electron chi connectivity index (χ4n) is 2.37. The number of para-hydroxylation sites is 1. The summed E-state index contributed by atoms with van der Waals surface area (Å²) in [7, 11) is 5.77. The van der Waals surface area contributed by atoms with Crippen molar-refractivity contribution in [1.29, 1.82) is 0 Å². The quantitative estimate of drug-likeness (QED) is 0.476. The van der Waals surface area contributed by atoms with Gasteiger partial charge in [0.15, 0.2) is 0 Å². The van der Waals surface area contributed by atoms with Gasteiger partial charge in [-0.05, 0) is 36.4 Å². The van der Waals surface area contributed by atoms with Crippen molar-refractivity contribution in [3.05, 3.63) is 66.2 Å². The smallest absolute Gasteiger partial charge is 0.148 e. The van der Waals surface area contributed by atoms with Crippen LogP contribution in [0, 0.1) is 0 Å². The standard InChI is InChI=1S/C18H20NO2/c1-19(2,16-7-5-4-6-8-16)18(13-14-20)15-9-11-17(21-3)12-10-15/h4-14H,1-3H3/q+1. The first-order valence-corrected chi connectivity index (χ1v) is 6.79. The van der Waals surface area contributed by atoms with E-state index in [1.165, 1.54) is 0 Å². The molecule has 0 aliphatic rings. The van der Waals surface area contributed by atoms with Gasteiger partial charge < -0.3 is 4.74 Å². The summed E-state index contributed by atoms with van der Waals surface area (Å²) in [5.41, 5.74) is 3.04. The van der Waals surface area contributed by atoms with Crippen LogP contribution in [0.4, 0.5) is 5.69 Å². The molecule has 0 saturated carbocycles. The lowest BCUT2D eigenvalue weighted by Crippen LogP contribution is -2.38. The van der Waals surface area contributed by atoms with Gasteiger partial charge in [-0.25, -0.2) is 0 Å². The second-order valence-corrected chi connectivity index (χ2v) is 5.21. The van der Waals surface area contributed by atoms with Crippen LogP contribution in [0.15, 0.2) is 60.7 Å². The molecule has 0 N–H and O–H groups in total. The minimum absolute atomic E-state index is 0.492. The fraction of sp³-hybridized carbons (Fsp3) is 0.167. The maximum Gasteiger partial charge on any atom is 0.148 e. The molecule has 0 aromatic heterocycles. The molecule has 108 valence electrons. The average Bonchev–Trinajstić information content (AvgIpc) is 2.53. The topological polar surface area (TPSA) is 26.3 Å². The van der Waals surface area contributed by atoms with E-state index in [4.69, 9.17) is 4.74 Å². The van der Waals surface area contributed by atoms with E-state index in [-0.39, 0.29) is 0 Å². The van der Waals surface area contributed by atoms with Crippen LogP contribution in [0.5, 0.6) is 5.75 Å². The lowest BCUT2D eigenvalue weighted by atomic mass is 10.1. The highest BCUT2D eigenvalue weighted by atomic mass is 16.5. The molecule has 2 aromatic carbocycles. The van der Waals surface area contributed by atoms with Crippen molar-refractivity contribution in [2.75, 3.05) is 21.2 Å². The maximum atomic E-state index is 11.1. The number of carbonyl (C=O) groups is 1. The summed E-state index contributed by atoms with van der Waals surface area (Å²) >= 11 is 0. The van der Waals surface area contributed by atoms with Gasteiger partial charge in [-0.1, -0.05) is 18.2 Å². The third-order valence-corrected chi connectivity index (χ3v) is 3.62. The largest absolute Gasteiger partial charge is 0.497 e. The number of aldehydes is 1. The molecule has 0 unspecified atom stereocenters. The van der Waals surface area contributed by atoms with Crippen LogP contribution in [0.3, 0.4) is 0 Å². The van der Waals surface area contributed by atoms with Gasteiger partial charge in [-0.3, -0.25) is 9.28 Å². The van der Waals surface area contributed by atoms with Crippen molar-refractivity contribution in [3.63, 3.8) is 0 Å². The van der Waals surface area contributed by atoms with Crippen LogP contribution in [0.25, 0.3) is 5.70 Å². The molecule has 0 spiro atoms. The Bertz CT molecular complexity index is 628. The minimum Gasteiger partial charge on any atom is -0.497 e. The van der Waals surface area contributed by atoms with Crippen LogP contribution in [-0.2, 0) is 4.79 Å². The first kappa shape index (κ1) is 15.0. The van der Waals surface area contributed by atoms with E-state index in [0.717, 1.165) is 29.0 Å². The lowest BCUT2D eigenvalue weighted by Gasteiger charge is -2.31. The summed E-state index contributed by atoms with van der Waals surface area (Å²) in [5.74, 6) is 0.800. The second kappa shape index (κ2) is 6.37. The minimum atomic E-state index is 0.492. The van der Waals surface area contributed by atoms with Crippen molar-refractivity contribution < 1.29 is 9.53 Å². The van der Waals surface area contributed by atoms with Crippen LogP contribution in [-0.4, -0.2) is 27.5 Å². The lowest BCUT2D eigenvalue weighted by molar-refractivity contribution is -0.104. The van der Waals surface area contributed by atoms with Crippen molar-refractivity contribution in [2.45, 2.75) is 0 Å². The first-order valence-electron chi connectivity index (χ1n) is 6.79. The van der Waals surface area contributed by atoms with E-state index in [2.05, 4.69) is 26.2 Å². The van der Waals surface area contributed by atoms with Gasteiger partial charge >= 0.3 is 0 Å². The van der Waals surface area contributed by atoms with Crippen molar-refractivity contribution in [3.8, 4) is 5.75 Å². The first-order chi connectivity index (χ1) is 10.1. The van der Waals surface area contributed by atoms with E-state index in [9.17, 15) is 4.79 Å². The Kier molecular flexibility index (Phi) is 4.55. The molecule has 0 aliphatic carbocycles. The molecular weight excluding hydrogens is 262 g/mol. The summed E-state index contributed by atoms with van der Waals surface area (Å²) in [6.45, 7) is 0. The molecule has 3 nitrogen and oxygen atoms in total. The Morgan fingerprint density at radius 3 is 2.14 bits per heavy atom. The molecule has 0 saturated heterocycles. The molecule has 21 heavy (non-hydrogen) atoms. The number of rotatable bonds is 5. The predicted octanol–water partition coefficient (Wildman–Crippen LogP) is 3.50. The molecule has 0 atom stereocenters. The second-order valence-electron chi connectivity index (χ2n) is 5.21. The van der Waals surface area contributed by atoms with E-state index in [1.807, 2.05) is 42.5 Å².